The van der Waals surface area contributed by atoms with Gasteiger partial charge in [-0.2, -0.15) is 9.40 Å². The van der Waals surface area contributed by atoms with Crippen molar-refractivity contribution in [1.82, 2.24) is 14.1 Å². The van der Waals surface area contributed by atoms with E-state index in [0.717, 1.165) is 30.8 Å². The number of methoxy groups -OCH3 is 1. The van der Waals surface area contributed by atoms with Crippen LogP contribution in [0.15, 0.2) is 29.2 Å². The van der Waals surface area contributed by atoms with Crippen LogP contribution in [0.1, 0.15) is 36.7 Å². The molecule has 1 fully saturated rings. The van der Waals surface area contributed by atoms with Gasteiger partial charge in [0.1, 0.15) is 17.2 Å². The van der Waals surface area contributed by atoms with E-state index < -0.39 is 10.0 Å². The third-order valence-electron chi connectivity index (χ3n) is 5.74. The largest absolute Gasteiger partial charge is 0.497 e. The van der Waals surface area contributed by atoms with Crippen molar-refractivity contribution >= 4 is 10.0 Å². The van der Waals surface area contributed by atoms with Crippen LogP contribution in [0.2, 0.25) is 0 Å². The van der Waals surface area contributed by atoms with Gasteiger partial charge >= 0.3 is 0 Å². The van der Waals surface area contributed by atoms with Gasteiger partial charge in [0.2, 0.25) is 10.0 Å². The fourth-order valence-corrected chi connectivity index (χ4v) is 5.81. The summed E-state index contributed by atoms with van der Waals surface area (Å²) in [5.74, 6) is 1.42. The molecule has 1 N–H and O–H groups in total. The second kappa shape index (κ2) is 8.85. The molecule has 160 valence electrons. The first-order chi connectivity index (χ1) is 13.7. The molecule has 0 aliphatic carbocycles. The van der Waals surface area contributed by atoms with Gasteiger partial charge in [0.25, 0.3) is 0 Å². The van der Waals surface area contributed by atoms with Crippen molar-refractivity contribution in [2.75, 3.05) is 27.2 Å². The number of hydrogen-bond donors (Lipinski definition) is 1. The maximum Gasteiger partial charge on any atom is 0.246 e. The van der Waals surface area contributed by atoms with E-state index in [4.69, 9.17) is 4.74 Å². The minimum atomic E-state index is -3.50. The third kappa shape index (κ3) is 4.82. The van der Waals surface area contributed by atoms with Crippen LogP contribution in [0.25, 0.3) is 0 Å². The van der Waals surface area contributed by atoms with E-state index in [1.54, 1.807) is 18.3 Å². The molecule has 8 heteroatoms. The average molecular weight is 422 g/mol. The van der Waals surface area contributed by atoms with Crippen molar-refractivity contribution in [2.24, 2.45) is 5.92 Å². The number of benzene rings is 1. The molecule has 1 saturated heterocycles. The Hall–Kier alpha value is -1.90. The van der Waals surface area contributed by atoms with Gasteiger partial charge in [-0.15, -0.1) is 0 Å². The monoisotopic (exact) mass is 421 g/mol. The molecule has 3 rings (SSSR count). The Morgan fingerprint density at radius 3 is 2.38 bits per heavy atom. The molecule has 0 bridgehead atoms. The number of hydrogen-bond acceptors (Lipinski definition) is 4. The second-order valence-electron chi connectivity index (χ2n) is 8.23. The molecule has 2 heterocycles. The van der Waals surface area contributed by atoms with Gasteiger partial charge in [0.15, 0.2) is 6.67 Å². The molecule has 1 unspecified atom stereocenters. The molecule has 1 aliphatic rings. The molecule has 0 spiro atoms. The first kappa shape index (κ1) is 21.8. The van der Waals surface area contributed by atoms with Crippen LogP contribution >= 0.6 is 0 Å². The van der Waals surface area contributed by atoms with E-state index in [2.05, 4.69) is 31.2 Å². The fourth-order valence-electron chi connectivity index (χ4n) is 3.97. The minimum Gasteiger partial charge on any atom is -0.497 e. The number of nitrogens with one attached hydrogen (secondary N) is 1. The maximum absolute atomic E-state index is 13.2. The normalized spacial score (nSPS) is 17.4. The van der Waals surface area contributed by atoms with Crippen LogP contribution in [0.5, 0.6) is 5.75 Å². The molecule has 0 radical (unpaired) electrons. The molecular weight excluding hydrogens is 388 g/mol. The second-order valence-corrected chi connectivity index (χ2v) is 10.1. The number of piperidine rings is 1. The van der Waals surface area contributed by atoms with Crippen LogP contribution in [0, 0.1) is 19.8 Å². The van der Waals surface area contributed by atoms with Gasteiger partial charge in [-0.3, -0.25) is 0 Å². The van der Waals surface area contributed by atoms with Crippen LogP contribution < -0.4 is 9.64 Å². The Balaban J connectivity index is 1.74. The fraction of sp³-hybridized carbons (Fsp3) is 0.571. The quantitative estimate of drug-likeness (QED) is 0.737. The summed E-state index contributed by atoms with van der Waals surface area (Å²) in [5, 5.41) is 4.57. The minimum absolute atomic E-state index is 0.379. The standard InChI is InChI=1S/C21H32N4O3S/c1-16-10-12-24(13-11-16)29(26,27)21-17(2)22-25(18(21)3)15-23(4)14-19-6-8-20(28-5)9-7-19/h6-9,16H,10-15H2,1-5H3/p+1. The molecule has 0 saturated carbocycles. The zero-order chi connectivity index (χ0) is 21.2. The van der Waals surface area contributed by atoms with Crippen molar-refractivity contribution in [3.05, 3.63) is 41.2 Å². The lowest BCUT2D eigenvalue weighted by molar-refractivity contribution is -0.917. The van der Waals surface area contributed by atoms with Crippen LogP contribution in [-0.2, 0) is 23.2 Å². The Labute approximate surface area is 174 Å². The lowest BCUT2D eigenvalue weighted by atomic mass is 10.0. The molecule has 1 aromatic heterocycles. The number of nitrogens with zero attached hydrogens (tertiary/aromatic N) is 3. The van der Waals surface area contributed by atoms with Gasteiger partial charge in [0, 0.05) is 18.7 Å². The van der Waals surface area contributed by atoms with Crippen molar-refractivity contribution in [3.63, 3.8) is 0 Å². The van der Waals surface area contributed by atoms with E-state index >= 15 is 0 Å². The van der Waals surface area contributed by atoms with Crippen LogP contribution in [0.4, 0.5) is 0 Å². The summed E-state index contributed by atoms with van der Waals surface area (Å²) in [6.45, 7) is 8.44. The highest BCUT2D eigenvalue weighted by Gasteiger charge is 2.33. The van der Waals surface area contributed by atoms with E-state index in [9.17, 15) is 8.42 Å². The third-order valence-corrected chi connectivity index (χ3v) is 7.89. The zero-order valence-corrected chi connectivity index (χ0v) is 18.9. The van der Waals surface area contributed by atoms with Crippen LogP contribution in [0.3, 0.4) is 0 Å². The predicted octanol–water partition coefficient (Wildman–Crippen LogP) is 1.60. The van der Waals surface area contributed by atoms with Crippen LogP contribution in [-0.4, -0.2) is 49.8 Å². The summed E-state index contributed by atoms with van der Waals surface area (Å²) >= 11 is 0. The number of ether oxygens (including phenoxy) is 1. The van der Waals surface area contributed by atoms with Gasteiger partial charge in [0.05, 0.1) is 25.5 Å². The zero-order valence-electron chi connectivity index (χ0n) is 18.1. The molecule has 1 aromatic carbocycles. The van der Waals surface area contributed by atoms with Crippen molar-refractivity contribution in [3.8, 4) is 5.75 Å². The average Bonchev–Trinajstić information content (AvgIpc) is 2.96. The van der Waals surface area contributed by atoms with E-state index in [1.807, 2.05) is 23.7 Å². The molecule has 1 atom stereocenters. The van der Waals surface area contributed by atoms with Crippen molar-refractivity contribution in [1.29, 1.82) is 0 Å². The number of aromatic nitrogens is 2. The van der Waals surface area contributed by atoms with E-state index in [1.165, 1.54) is 10.5 Å². The smallest absolute Gasteiger partial charge is 0.246 e. The number of rotatable bonds is 7. The first-order valence-corrected chi connectivity index (χ1v) is 11.6. The Bertz CT molecular complexity index is 930. The summed E-state index contributed by atoms with van der Waals surface area (Å²) in [5.41, 5.74) is 2.49. The topological polar surface area (TPSA) is 68.9 Å². The predicted molar refractivity (Wildman–Crippen MR) is 112 cm³/mol. The highest BCUT2D eigenvalue weighted by molar-refractivity contribution is 7.89. The van der Waals surface area contributed by atoms with E-state index in [0.29, 0.717) is 36.3 Å². The van der Waals surface area contributed by atoms with Gasteiger partial charge in [-0.05, 0) is 56.9 Å². The lowest BCUT2D eigenvalue weighted by Crippen LogP contribution is -3.07. The summed E-state index contributed by atoms with van der Waals surface area (Å²) in [6.07, 6.45) is 1.83. The highest BCUT2D eigenvalue weighted by Crippen LogP contribution is 2.27. The molecule has 0 amide bonds. The van der Waals surface area contributed by atoms with Crippen molar-refractivity contribution in [2.45, 2.75) is 51.7 Å². The molecule has 7 nitrogen and oxygen atoms in total. The molecule has 1 aliphatic heterocycles. The maximum atomic E-state index is 13.2. The number of sulfonamides is 1. The van der Waals surface area contributed by atoms with Crippen molar-refractivity contribution < 1.29 is 18.1 Å². The highest BCUT2D eigenvalue weighted by atomic mass is 32.2. The molecule has 29 heavy (non-hydrogen) atoms. The van der Waals surface area contributed by atoms with Gasteiger partial charge < -0.3 is 9.64 Å². The Morgan fingerprint density at radius 2 is 1.79 bits per heavy atom. The Morgan fingerprint density at radius 1 is 1.17 bits per heavy atom. The summed E-state index contributed by atoms with van der Waals surface area (Å²) < 4.78 is 35.1. The summed E-state index contributed by atoms with van der Waals surface area (Å²) in [6, 6.07) is 8.01. The van der Waals surface area contributed by atoms with E-state index in [-0.39, 0.29) is 0 Å². The molecular formula is C21H33N4O3S+. The SMILES string of the molecule is COc1ccc(C[NH+](C)Cn2nc(C)c(S(=O)(=O)N3CCC(C)CC3)c2C)cc1. The number of quaternary nitrogens is 1. The summed E-state index contributed by atoms with van der Waals surface area (Å²) in [4.78, 5) is 1.60. The molecule has 2 aromatic rings. The first-order valence-electron chi connectivity index (χ1n) is 10.2. The van der Waals surface area contributed by atoms with Gasteiger partial charge in [-0.1, -0.05) is 6.92 Å². The Kier molecular flexibility index (Phi) is 6.65. The number of aryl methyl sites for hydroxylation is 1. The lowest BCUT2D eigenvalue weighted by Gasteiger charge is -2.29. The van der Waals surface area contributed by atoms with Gasteiger partial charge in [-0.25, -0.2) is 13.1 Å². The summed E-state index contributed by atoms with van der Waals surface area (Å²) in [7, 11) is 0.241.